The third-order valence-electron chi connectivity index (χ3n) is 4.08. The number of ether oxygens (including phenoxy) is 1. The molecule has 1 aliphatic rings. The topological polar surface area (TPSA) is 79.9 Å². The highest BCUT2D eigenvalue weighted by atomic mass is 16.5. The monoisotopic (exact) mass is 310 g/mol. The predicted octanol–water partition coefficient (Wildman–Crippen LogP) is 1.86. The Morgan fingerprint density at radius 1 is 1.52 bits per heavy atom. The van der Waals surface area contributed by atoms with Gasteiger partial charge in [-0.15, -0.1) is 0 Å². The smallest absolute Gasteiger partial charge is 0.258 e. The normalized spacial score (nSPS) is 16.3. The second-order valence-corrected chi connectivity index (χ2v) is 5.58. The second kappa shape index (κ2) is 6.53. The first-order chi connectivity index (χ1) is 11.2. The molecule has 6 nitrogen and oxygen atoms in total. The number of carbonyl (C=O) groups excluding carboxylic acids is 1. The van der Waals surface area contributed by atoms with Crippen molar-refractivity contribution in [1.29, 1.82) is 5.26 Å². The fourth-order valence-electron chi connectivity index (χ4n) is 2.92. The zero-order valence-corrected chi connectivity index (χ0v) is 13.0. The quantitative estimate of drug-likeness (QED) is 0.935. The Kier molecular flexibility index (Phi) is 4.29. The fourth-order valence-corrected chi connectivity index (χ4v) is 2.92. The van der Waals surface area contributed by atoms with Crippen molar-refractivity contribution in [2.75, 3.05) is 6.61 Å². The van der Waals surface area contributed by atoms with Crippen LogP contribution in [0, 0.1) is 11.3 Å². The molecule has 118 valence electrons. The lowest BCUT2D eigenvalue weighted by molar-refractivity contribution is -0.124. The lowest BCUT2D eigenvalue weighted by Crippen LogP contribution is -2.34. The van der Waals surface area contributed by atoms with E-state index in [9.17, 15) is 4.79 Å². The van der Waals surface area contributed by atoms with Crippen LogP contribution >= 0.6 is 0 Å². The molecule has 0 saturated carbocycles. The molecule has 6 heteroatoms. The predicted molar refractivity (Wildman–Crippen MR) is 83.7 cm³/mol. The minimum Gasteiger partial charge on any atom is -0.482 e. The number of hydrogen-bond donors (Lipinski definition) is 1. The molecule has 1 unspecified atom stereocenters. The Bertz CT molecular complexity index is 760. The minimum atomic E-state index is -0.195. The van der Waals surface area contributed by atoms with Crippen LogP contribution in [0.4, 0.5) is 0 Å². The second-order valence-electron chi connectivity index (χ2n) is 5.58. The van der Waals surface area contributed by atoms with E-state index in [0.717, 1.165) is 24.8 Å². The average molecular weight is 310 g/mol. The summed E-state index contributed by atoms with van der Waals surface area (Å²) >= 11 is 0. The van der Waals surface area contributed by atoms with E-state index >= 15 is 0 Å². The van der Waals surface area contributed by atoms with Crippen molar-refractivity contribution in [1.82, 2.24) is 15.1 Å². The molecule has 0 spiro atoms. The maximum atomic E-state index is 12.2. The molecule has 0 bridgehead atoms. The highest BCUT2D eigenvalue weighted by Crippen LogP contribution is 2.29. The number of nitrogens with zero attached hydrogens (tertiary/aromatic N) is 3. The van der Waals surface area contributed by atoms with Crippen molar-refractivity contribution in [2.45, 2.75) is 25.3 Å². The molecule has 0 fully saturated rings. The van der Waals surface area contributed by atoms with E-state index in [0.29, 0.717) is 11.3 Å². The lowest BCUT2D eigenvalue weighted by atomic mass is 9.93. The van der Waals surface area contributed by atoms with Crippen LogP contribution < -0.4 is 10.1 Å². The number of para-hydroxylation sites is 1. The zero-order valence-electron chi connectivity index (χ0n) is 13.0. The number of aromatic nitrogens is 2. The number of hydrogen-bond acceptors (Lipinski definition) is 4. The van der Waals surface area contributed by atoms with Crippen molar-refractivity contribution >= 4 is 5.91 Å². The molecule has 1 N–H and O–H groups in total. The summed E-state index contributed by atoms with van der Waals surface area (Å²) in [5.74, 6) is 0.232. The number of benzene rings is 1. The van der Waals surface area contributed by atoms with Gasteiger partial charge in [-0.2, -0.15) is 10.4 Å². The van der Waals surface area contributed by atoms with Crippen LogP contribution in [0.5, 0.6) is 5.75 Å². The van der Waals surface area contributed by atoms with Gasteiger partial charge in [0.1, 0.15) is 11.8 Å². The van der Waals surface area contributed by atoms with Gasteiger partial charge in [0.05, 0.1) is 17.8 Å². The Morgan fingerprint density at radius 2 is 2.35 bits per heavy atom. The third-order valence-corrected chi connectivity index (χ3v) is 4.08. The largest absolute Gasteiger partial charge is 0.482 e. The fraction of sp³-hybridized carbons (Fsp3) is 0.353. The zero-order chi connectivity index (χ0) is 16.2. The van der Waals surface area contributed by atoms with Crippen molar-refractivity contribution < 1.29 is 9.53 Å². The number of amides is 1. The minimum absolute atomic E-state index is 0.0187. The summed E-state index contributed by atoms with van der Waals surface area (Å²) in [5, 5.41) is 16.3. The molecule has 1 atom stereocenters. The molecule has 3 rings (SSSR count). The summed E-state index contributed by atoms with van der Waals surface area (Å²) in [6.07, 6.45) is 4.74. The van der Waals surface area contributed by atoms with Gasteiger partial charge >= 0.3 is 0 Å². The molecular formula is C17H18N4O2. The number of nitriles is 1. The molecule has 1 heterocycles. The molecule has 1 amide bonds. The third kappa shape index (κ3) is 3.19. The van der Waals surface area contributed by atoms with E-state index < -0.39 is 0 Å². The molecule has 1 aromatic carbocycles. The highest BCUT2D eigenvalue weighted by Gasteiger charge is 2.24. The first kappa shape index (κ1) is 15.1. The molecule has 1 aromatic heterocycles. The van der Waals surface area contributed by atoms with Gasteiger partial charge in [0, 0.05) is 18.3 Å². The van der Waals surface area contributed by atoms with Crippen LogP contribution in [0.2, 0.25) is 0 Å². The van der Waals surface area contributed by atoms with Crippen LogP contribution in [0.1, 0.15) is 35.7 Å². The molecular weight excluding hydrogens is 292 g/mol. The number of rotatable bonds is 4. The summed E-state index contributed by atoms with van der Waals surface area (Å²) in [6, 6.07) is 8.92. The first-order valence-electron chi connectivity index (χ1n) is 7.61. The Morgan fingerprint density at radius 3 is 3.17 bits per heavy atom. The van der Waals surface area contributed by atoms with Gasteiger partial charge in [-0.3, -0.25) is 9.48 Å². The van der Waals surface area contributed by atoms with Gasteiger partial charge in [0.2, 0.25) is 0 Å². The van der Waals surface area contributed by atoms with E-state index in [-0.39, 0.29) is 18.6 Å². The van der Waals surface area contributed by atoms with Gasteiger partial charge in [-0.05, 0) is 31.4 Å². The van der Waals surface area contributed by atoms with Crippen LogP contribution in [0.15, 0.2) is 30.5 Å². The van der Waals surface area contributed by atoms with Crippen LogP contribution in [-0.2, 0) is 18.3 Å². The first-order valence-corrected chi connectivity index (χ1v) is 7.61. The van der Waals surface area contributed by atoms with E-state index in [1.54, 1.807) is 24.3 Å². The average Bonchev–Trinajstić information content (AvgIpc) is 2.96. The molecule has 1 aliphatic carbocycles. The molecule has 0 aliphatic heterocycles. The molecule has 2 aromatic rings. The van der Waals surface area contributed by atoms with E-state index in [4.69, 9.17) is 10.00 Å². The highest BCUT2D eigenvalue weighted by molar-refractivity contribution is 5.78. The van der Waals surface area contributed by atoms with Crippen molar-refractivity contribution in [2.24, 2.45) is 7.05 Å². The standard InChI is InChI=1S/C17H18N4O2/c1-21-15-7-4-6-14(13(15)10-19-21)20-17(22)11-23-16-8-3-2-5-12(16)9-18/h2-3,5,8,10,14H,4,6-7,11H2,1H3,(H,20,22). The van der Waals surface area contributed by atoms with Crippen LogP contribution in [0.3, 0.4) is 0 Å². The Labute approximate surface area is 134 Å². The van der Waals surface area contributed by atoms with E-state index in [1.165, 1.54) is 5.69 Å². The number of carbonyl (C=O) groups is 1. The van der Waals surface area contributed by atoms with E-state index in [2.05, 4.69) is 10.4 Å². The maximum Gasteiger partial charge on any atom is 0.258 e. The number of nitrogens with one attached hydrogen (secondary N) is 1. The lowest BCUT2D eigenvalue weighted by Gasteiger charge is -2.23. The molecule has 23 heavy (non-hydrogen) atoms. The van der Waals surface area contributed by atoms with Gasteiger partial charge in [-0.1, -0.05) is 12.1 Å². The summed E-state index contributed by atoms with van der Waals surface area (Å²) in [6.45, 7) is -0.106. The summed E-state index contributed by atoms with van der Waals surface area (Å²) in [5.41, 5.74) is 2.69. The van der Waals surface area contributed by atoms with Crippen molar-refractivity contribution in [3.05, 3.63) is 47.3 Å². The Hall–Kier alpha value is -2.81. The van der Waals surface area contributed by atoms with Crippen LogP contribution in [-0.4, -0.2) is 22.3 Å². The van der Waals surface area contributed by atoms with Crippen molar-refractivity contribution in [3.63, 3.8) is 0 Å². The Balaban J connectivity index is 1.61. The summed E-state index contributed by atoms with van der Waals surface area (Å²) in [4.78, 5) is 12.2. The summed E-state index contributed by atoms with van der Waals surface area (Å²) in [7, 11) is 1.92. The van der Waals surface area contributed by atoms with Crippen molar-refractivity contribution in [3.8, 4) is 11.8 Å². The molecule has 0 saturated heterocycles. The van der Waals surface area contributed by atoms with Gasteiger partial charge in [0.15, 0.2) is 6.61 Å². The van der Waals surface area contributed by atoms with E-state index in [1.807, 2.05) is 24.0 Å². The molecule has 0 radical (unpaired) electrons. The van der Waals surface area contributed by atoms with Gasteiger partial charge in [0.25, 0.3) is 5.91 Å². The number of fused-ring (bicyclic) bond motifs is 1. The van der Waals surface area contributed by atoms with Crippen LogP contribution in [0.25, 0.3) is 0 Å². The maximum absolute atomic E-state index is 12.2. The summed E-state index contributed by atoms with van der Waals surface area (Å²) < 4.78 is 7.34. The van der Waals surface area contributed by atoms with Gasteiger partial charge in [-0.25, -0.2) is 0 Å². The number of aryl methyl sites for hydroxylation is 1. The van der Waals surface area contributed by atoms with Gasteiger partial charge < -0.3 is 10.1 Å². The SMILES string of the molecule is Cn1ncc2c1CCCC2NC(=O)COc1ccccc1C#N.